The maximum atomic E-state index is 12.4. The molecule has 3 N–H and O–H groups in total. The summed E-state index contributed by atoms with van der Waals surface area (Å²) in [6.45, 7) is 7.01. The predicted molar refractivity (Wildman–Crippen MR) is 116 cm³/mol. The average Bonchev–Trinajstić information content (AvgIpc) is 2.74. The molecule has 0 heterocycles. The van der Waals surface area contributed by atoms with Crippen LogP contribution in [0.15, 0.2) is 48.5 Å². The molecule has 0 fully saturated rings. The fourth-order valence-corrected chi connectivity index (χ4v) is 2.73. The van der Waals surface area contributed by atoms with Crippen molar-refractivity contribution in [2.45, 2.75) is 27.2 Å². The van der Waals surface area contributed by atoms with E-state index in [0.717, 1.165) is 5.69 Å². The quantitative estimate of drug-likeness (QED) is 0.604. The third-order valence-electron chi connectivity index (χ3n) is 4.39. The van der Waals surface area contributed by atoms with Crippen LogP contribution in [0, 0.1) is 0 Å². The molecule has 29 heavy (non-hydrogen) atoms. The molecule has 2 aromatic rings. The zero-order chi connectivity index (χ0) is 21.2. The van der Waals surface area contributed by atoms with Gasteiger partial charge in [0.2, 0.25) is 11.8 Å². The molecular formula is C22H28N4O3. The highest BCUT2D eigenvalue weighted by Crippen LogP contribution is 2.15. The van der Waals surface area contributed by atoms with Gasteiger partial charge in [-0.05, 0) is 56.3 Å². The molecular weight excluding hydrogens is 368 g/mol. The van der Waals surface area contributed by atoms with Gasteiger partial charge in [0.25, 0.3) is 5.91 Å². The Kier molecular flexibility index (Phi) is 8.21. The molecule has 0 spiro atoms. The van der Waals surface area contributed by atoms with Gasteiger partial charge < -0.3 is 20.9 Å². The molecule has 0 radical (unpaired) electrons. The van der Waals surface area contributed by atoms with Crippen LogP contribution in [-0.2, 0) is 9.59 Å². The van der Waals surface area contributed by atoms with E-state index in [0.29, 0.717) is 36.4 Å². The molecule has 0 saturated carbocycles. The van der Waals surface area contributed by atoms with E-state index in [-0.39, 0.29) is 24.3 Å². The Morgan fingerprint density at radius 1 is 0.793 bits per heavy atom. The summed E-state index contributed by atoms with van der Waals surface area (Å²) in [6, 6.07) is 14.1. The summed E-state index contributed by atoms with van der Waals surface area (Å²) in [4.78, 5) is 37.8. The van der Waals surface area contributed by atoms with Crippen molar-refractivity contribution in [2.75, 3.05) is 35.6 Å². The monoisotopic (exact) mass is 396 g/mol. The molecule has 0 atom stereocenters. The third kappa shape index (κ3) is 6.64. The van der Waals surface area contributed by atoms with Crippen LogP contribution >= 0.6 is 0 Å². The first-order valence-corrected chi connectivity index (χ1v) is 9.79. The van der Waals surface area contributed by atoms with Gasteiger partial charge >= 0.3 is 0 Å². The molecule has 154 valence electrons. The van der Waals surface area contributed by atoms with Crippen molar-refractivity contribution in [1.82, 2.24) is 4.90 Å². The number of benzene rings is 2. The van der Waals surface area contributed by atoms with E-state index < -0.39 is 0 Å². The van der Waals surface area contributed by atoms with Crippen LogP contribution in [0.3, 0.4) is 0 Å². The zero-order valence-electron chi connectivity index (χ0n) is 17.1. The van der Waals surface area contributed by atoms with Gasteiger partial charge in [-0.25, -0.2) is 0 Å². The number of amides is 3. The van der Waals surface area contributed by atoms with Gasteiger partial charge in [-0.1, -0.05) is 13.0 Å². The largest absolute Gasteiger partial charge is 0.376 e. The van der Waals surface area contributed by atoms with Crippen LogP contribution in [0.25, 0.3) is 0 Å². The smallest absolute Gasteiger partial charge is 0.253 e. The second-order valence-corrected chi connectivity index (χ2v) is 6.44. The zero-order valence-corrected chi connectivity index (χ0v) is 17.1. The van der Waals surface area contributed by atoms with Crippen LogP contribution in [0.4, 0.5) is 17.1 Å². The molecule has 2 aromatic carbocycles. The molecule has 0 aliphatic rings. The number of carbonyl (C=O) groups is 3. The second kappa shape index (κ2) is 10.8. The number of rotatable bonds is 9. The van der Waals surface area contributed by atoms with E-state index in [4.69, 9.17) is 0 Å². The highest BCUT2D eigenvalue weighted by Gasteiger charge is 2.13. The minimum absolute atomic E-state index is 0.0493. The normalized spacial score (nSPS) is 10.2. The van der Waals surface area contributed by atoms with Crippen LogP contribution < -0.4 is 16.0 Å². The fourth-order valence-electron chi connectivity index (χ4n) is 2.73. The summed E-state index contributed by atoms with van der Waals surface area (Å²) in [5.41, 5.74) is 2.60. The molecule has 2 rings (SSSR count). The van der Waals surface area contributed by atoms with Crippen molar-refractivity contribution in [3.8, 4) is 0 Å². The van der Waals surface area contributed by atoms with Crippen molar-refractivity contribution in [1.29, 1.82) is 0 Å². The lowest BCUT2D eigenvalue weighted by Gasteiger charge is -2.19. The third-order valence-corrected chi connectivity index (χ3v) is 4.39. The van der Waals surface area contributed by atoms with Gasteiger partial charge in [0.15, 0.2) is 0 Å². The van der Waals surface area contributed by atoms with Gasteiger partial charge in [-0.2, -0.15) is 0 Å². The van der Waals surface area contributed by atoms with E-state index in [9.17, 15) is 14.4 Å². The summed E-state index contributed by atoms with van der Waals surface area (Å²) in [5.74, 6) is -0.327. The highest BCUT2D eigenvalue weighted by molar-refractivity contribution is 5.98. The lowest BCUT2D eigenvalue weighted by atomic mass is 10.1. The standard InChI is InChI=1S/C22H28N4O3/c1-4-20(27)24-18-12-10-17(11-13-18)23-15-21(28)25-19-9-7-8-16(14-19)22(29)26(5-2)6-3/h7-14,23H,4-6,15H2,1-3H3,(H,24,27)(H,25,28). The fraction of sp³-hybridized carbons (Fsp3) is 0.318. The van der Waals surface area contributed by atoms with Crippen molar-refractivity contribution < 1.29 is 14.4 Å². The summed E-state index contributed by atoms with van der Waals surface area (Å²) in [5, 5.41) is 8.60. The van der Waals surface area contributed by atoms with E-state index in [1.54, 1.807) is 60.4 Å². The summed E-state index contributed by atoms with van der Waals surface area (Å²) >= 11 is 0. The lowest BCUT2D eigenvalue weighted by Crippen LogP contribution is -2.30. The van der Waals surface area contributed by atoms with Crippen LogP contribution in [0.2, 0.25) is 0 Å². The van der Waals surface area contributed by atoms with E-state index >= 15 is 0 Å². The maximum absolute atomic E-state index is 12.4. The summed E-state index contributed by atoms with van der Waals surface area (Å²) in [6.07, 6.45) is 0.419. The van der Waals surface area contributed by atoms with Crippen molar-refractivity contribution in [3.05, 3.63) is 54.1 Å². The Morgan fingerprint density at radius 3 is 2.03 bits per heavy atom. The van der Waals surface area contributed by atoms with Crippen molar-refractivity contribution in [3.63, 3.8) is 0 Å². The topological polar surface area (TPSA) is 90.5 Å². The van der Waals surface area contributed by atoms with E-state index in [1.807, 2.05) is 13.8 Å². The highest BCUT2D eigenvalue weighted by atomic mass is 16.2. The van der Waals surface area contributed by atoms with Gasteiger partial charge in [-0.3, -0.25) is 14.4 Å². The lowest BCUT2D eigenvalue weighted by molar-refractivity contribution is -0.116. The summed E-state index contributed by atoms with van der Waals surface area (Å²) in [7, 11) is 0. The SMILES string of the molecule is CCC(=O)Nc1ccc(NCC(=O)Nc2cccc(C(=O)N(CC)CC)c2)cc1. The molecule has 0 aliphatic carbocycles. The molecule has 0 unspecified atom stereocenters. The molecule has 0 saturated heterocycles. The second-order valence-electron chi connectivity index (χ2n) is 6.44. The molecule has 0 aliphatic heterocycles. The van der Waals surface area contributed by atoms with Crippen molar-refractivity contribution in [2.24, 2.45) is 0 Å². The number of anilines is 3. The first-order chi connectivity index (χ1) is 14.0. The Morgan fingerprint density at radius 2 is 1.41 bits per heavy atom. The minimum Gasteiger partial charge on any atom is -0.376 e. The number of nitrogens with one attached hydrogen (secondary N) is 3. The van der Waals surface area contributed by atoms with E-state index in [1.165, 1.54) is 0 Å². The molecule has 0 aromatic heterocycles. The Bertz CT molecular complexity index is 845. The van der Waals surface area contributed by atoms with Gasteiger partial charge in [0, 0.05) is 42.1 Å². The Balaban J connectivity index is 1.90. The first kappa shape index (κ1) is 21.9. The molecule has 3 amide bonds. The molecule has 7 heteroatoms. The van der Waals surface area contributed by atoms with Gasteiger partial charge in [-0.15, -0.1) is 0 Å². The van der Waals surface area contributed by atoms with Crippen LogP contribution in [0.1, 0.15) is 37.6 Å². The van der Waals surface area contributed by atoms with Gasteiger partial charge in [0.05, 0.1) is 6.54 Å². The molecule has 0 bridgehead atoms. The number of hydrogen-bond donors (Lipinski definition) is 3. The van der Waals surface area contributed by atoms with Crippen molar-refractivity contribution >= 4 is 34.8 Å². The summed E-state index contributed by atoms with van der Waals surface area (Å²) < 4.78 is 0. The van der Waals surface area contributed by atoms with Gasteiger partial charge in [0.1, 0.15) is 0 Å². The maximum Gasteiger partial charge on any atom is 0.253 e. The Hall–Kier alpha value is -3.35. The van der Waals surface area contributed by atoms with Crippen LogP contribution in [-0.4, -0.2) is 42.3 Å². The van der Waals surface area contributed by atoms with Crippen LogP contribution in [0.5, 0.6) is 0 Å². The molecule has 7 nitrogen and oxygen atoms in total. The number of hydrogen-bond acceptors (Lipinski definition) is 4. The number of carbonyl (C=O) groups excluding carboxylic acids is 3. The Labute approximate surface area is 171 Å². The van der Waals surface area contributed by atoms with E-state index in [2.05, 4.69) is 16.0 Å². The average molecular weight is 396 g/mol. The number of nitrogens with zero attached hydrogens (tertiary/aromatic N) is 1. The predicted octanol–water partition coefficient (Wildman–Crippen LogP) is 3.57. The minimum atomic E-state index is -0.221. The first-order valence-electron chi connectivity index (χ1n) is 9.79.